The maximum atomic E-state index is 11.3. The smallest absolute Gasteiger partial charge is 0.338 e. The van der Waals surface area contributed by atoms with E-state index >= 15 is 0 Å². The van der Waals surface area contributed by atoms with E-state index in [9.17, 15) is 9.90 Å². The van der Waals surface area contributed by atoms with Gasteiger partial charge in [0.25, 0.3) is 0 Å². The van der Waals surface area contributed by atoms with E-state index in [1.807, 2.05) is 27.8 Å². The van der Waals surface area contributed by atoms with E-state index in [4.69, 9.17) is 0 Å². The predicted octanol–water partition coefficient (Wildman–Crippen LogP) is 2.35. The number of carboxylic acid groups (broad SMARTS) is 1. The highest BCUT2D eigenvalue weighted by Gasteiger charge is 2.20. The molecule has 2 heterocycles. The van der Waals surface area contributed by atoms with E-state index in [-0.39, 0.29) is 11.5 Å². The van der Waals surface area contributed by atoms with Gasteiger partial charge in [0.05, 0.1) is 16.6 Å². The topological polar surface area (TPSA) is 68.0 Å². The van der Waals surface area contributed by atoms with E-state index in [0.717, 1.165) is 17.9 Å². The Balaban J connectivity index is 2.89. The molecule has 0 atom stereocenters. The summed E-state index contributed by atoms with van der Waals surface area (Å²) < 4.78 is 1.76. The average molecular weight is 247 g/mol. The molecule has 0 saturated heterocycles. The van der Waals surface area contributed by atoms with Crippen LogP contribution < -0.4 is 0 Å². The first-order valence-electron chi connectivity index (χ1n) is 6.04. The van der Waals surface area contributed by atoms with Gasteiger partial charge >= 0.3 is 5.97 Å². The number of hydrogen-bond acceptors (Lipinski definition) is 3. The molecule has 18 heavy (non-hydrogen) atoms. The Labute approximate surface area is 105 Å². The second-order valence-corrected chi connectivity index (χ2v) is 4.69. The summed E-state index contributed by atoms with van der Waals surface area (Å²) in [6.45, 7) is 6.02. The minimum absolute atomic E-state index is 0.168. The number of carboxylic acids is 1. The summed E-state index contributed by atoms with van der Waals surface area (Å²) in [6.07, 6.45) is 2.34. The number of carbonyl (C=O) groups is 1. The van der Waals surface area contributed by atoms with E-state index in [1.54, 1.807) is 10.8 Å². The van der Waals surface area contributed by atoms with Crippen molar-refractivity contribution >= 4 is 17.0 Å². The number of aromatic nitrogens is 3. The van der Waals surface area contributed by atoms with Crippen molar-refractivity contribution in [3.63, 3.8) is 0 Å². The van der Waals surface area contributed by atoms with Crippen LogP contribution in [0.1, 0.15) is 48.6 Å². The Hall–Kier alpha value is -1.91. The SMILES string of the molecule is CCc1nc(C(C)C)c2c(C(=O)O)cn(C)c2n1. The molecule has 0 fully saturated rings. The normalized spacial score (nSPS) is 11.4. The van der Waals surface area contributed by atoms with Gasteiger partial charge in [-0.3, -0.25) is 0 Å². The second-order valence-electron chi connectivity index (χ2n) is 4.69. The van der Waals surface area contributed by atoms with Crippen molar-refractivity contribution in [3.05, 3.63) is 23.3 Å². The number of aryl methyl sites for hydroxylation is 2. The van der Waals surface area contributed by atoms with Crippen LogP contribution in [0.4, 0.5) is 0 Å². The average Bonchev–Trinajstić information content (AvgIpc) is 2.66. The van der Waals surface area contributed by atoms with E-state index in [2.05, 4.69) is 9.97 Å². The molecule has 2 aromatic rings. The molecule has 0 saturated carbocycles. The fourth-order valence-electron chi connectivity index (χ4n) is 2.08. The first-order valence-corrected chi connectivity index (χ1v) is 6.04. The van der Waals surface area contributed by atoms with Crippen molar-refractivity contribution in [3.8, 4) is 0 Å². The Morgan fingerprint density at radius 3 is 2.61 bits per heavy atom. The molecule has 5 nitrogen and oxygen atoms in total. The largest absolute Gasteiger partial charge is 0.478 e. The van der Waals surface area contributed by atoms with E-state index in [0.29, 0.717) is 11.0 Å². The standard InChI is InChI=1S/C13H17N3O2/c1-5-9-14-11(7(2)3)10-8(13(17)18)6-16(4)12(10)15-9/h6-7H,5H2,1-4H3,(H,17,18). The Kier molecular flexibility index (Phi) is 3.07. The molecule has 5 heteroatoms. The van der Waals surface area contributed by atoms with Crippen molar-refractivity contribution in [2.45, 2.75) is 33.1 Å². The first kappa shape index (κ1) is 12.5. The molecule has 0 aliphatic carbocycles. The third-order valence-electron chi connectivity index (χ3n) is 2.98. The molecular weight excluding hydrogens is 230 g/mol. The molecule has 0 bridgehead atoms. The zero-order chi connectivity index (χ0) is 13.4. The van der Waals surface area contributed by atoms with Crippen LogP contribution in [0.25, 0.3) is 11.0 Å². The minimum Gasteiger partial charge on any atom is -0.478 e. The van der Waals surface area contributed by atoms with Gasteiger partial charge in [-0.25, -0.2) is 14.8 Å². The van der Waals surface area contributed by atoms with Crippen molar-refractivity contribution < 1.29 is 9.90 Å². The van der Waals surface area contributed by atoms with Gasteiger partial charge in [0.1, 0.15) is 11.5 Å². The van der Waals surface area contributed by atoms with Crippen molar-refractivity contribution in [2.75, 3.05) is 0 Å². The number of aromatic carboxylic acids is 1. The zero-order valence-corrected chi connectivity index (χ0v) is 11.1. The maximum absolute atomic E-state index is 11.3. The lowest BCUT2D eigenvalue weighted by atomic mass is 10.0. The molecular formula is C13H17N3O2. The summed E-state index contributed by atoms with van der Waals surface area (Å²) in [4.78, 5) is 20.2. The predicted molar refractivity (Wildman–Crippen MR) is 68.9 cm³/mol. The van der Waals surface area contributed by atoms with Crippen molar-refractivity contribution in [1.29, 1.82) is 0 Å². The Bertz CT molecular complexity index is 614. The summed E-state index contributed by atoms with van der Waals surface area (Å²) in [5, 5.41) is 9.92. The van der Waals surface area contributed by atoms with Gasteiger partial charge in [-0.1, -0.05) is 20.8 Å². The van der Waals surface area contributed by atoms with Crippen LogP contribution in [0.5, 0.6) is 0 Å². The quantitative estimate of drug-likeness (QED) is 0.904. The molecule has 0 unspecified atom stereocenters. The molecule has 0 aliphatic rings. The van der Waals surface area contributed by atoms with Gasteiger partial charge in [0, 0.05) is 19.7 Å². The minimum atomic E-state index is -0.935. The summed E-state index contributed by atoms with van der Waals surface area (Å²) in [5.74, 6) is -0.0130. The lowest BCUT2D eigenvalue weighted by molar-refractivity contribution is 0.0698. The van der Waals surface area contributed by atoms with E-state index in [1.165, 1.54) is 0 Å². The lowest BCUT2D eigenvalue weighted by Gasteiger charge is -2.09. The zero-order valence-electron chi connectivity index (χ0n) is 11.1. The number of hydrogen-bond donors (Lipinski definition) is 1. The molecule has 2 aromatic heterocycles. The maximum Gasteiger partial charge on any atom is 0.338 e. The molecule has 0 radical (unpaired) electrons. The molecule has 1 N–H and O–H groups in total. The fraction of sp³-hybridized carbons (Fsp3) is 0.462. The highest BCUT2D eigenvalue weighted by Crippen LogP contribution is 2.27. The molecule has 0 amide bonds. The van der Waals surface area contributed by atoms with Gasteiger partial charge in [0.2, 0.25) is 0 Å². The third kappa shape index (κ3) is 1.85. The van der Waals surface area contributed by atoms with E-state index < -0.39 is 5.97 Å². The van der Waals surface area contributed by atoms with Gasteiger partial charge in [-0.15, -0.1) is 0 Å². The second kappa shape index (κ2) is 4.40. The lowest BCUT2D eigenvalue weighted by Crippen LogP contribution is -2.04. The molecule has 0 aliphatic heterocycles. The Morgan fingerprint density at radius 2 is 2.11 bits per heavy atom. The molecule has 2 rings (SSSR count). The van der Waals surface area contributed by atoms with Crippen LogP contribution >= 0.6 is 0 Å². The molecule has 0 aromatic carbocycles. The van der Waals surface area contributed by atoms with Crippen molar-refractivity contribution in [2.24, 2.45) is 7.05 Å². The summed E-state index contributed by atoms with van der Waals surface area (Å²) in [5.41, 5.74) is 1.79. The van der Waals surface area contributed by atoms with Gasteiger partial charge in [-0.2, -0.15) is 0 Å². The Morgan fingerprint density at radius 1 is 1.44 bits per heavy atom. The van der Waals surface area contributed by atoms with Crippen LogP contribution in [0.2, 0.25) is 0 Å². The summed E-state index contributed by atoms with van der Waals surface area (Å²) in [7, 11) is 1.81. The van der Waals surface area contributed by atoms with Gasteiger partial charge in [0.15, 0.2) is 0 Å². The summed E-state index contributed by atoms with van der Waals surface area (Å²) in [6, 6.07) is 0. The molecule has 0 spiro atoms. The third-order valence-corrected chi connectivity index (χ3v) is 2.98. The highest BCUT2D eigenvalue weighted by molar-refractivity contribution is 6.03. The number of nitrogens with zero attached hydrogens (tertiary/aromatic N) is 3. The van der Waals surface area contributed by atoms with Crippen molar-refractivity contribution in [1.82, 2.24) is 14.5 Å². The monoisotopic (exact) mass is 247 g/mol. The van der Waals surface area contributed by atoms with Crippen LogP contribution in [-0.4, -0.2) is 25.6 Å². The van der Waals surface area contributed by atoms with Crippen LogP contribution in [0.3, 0.4) is 0 Å². The first-order chi connectivity index (χ1) is 8.45. The van der Waals surface area contributed by atoms with Gasteiger partial charge in [-0.05, 0) is 5.92 Å². The highest BCUT2D eigenvalue weighted by atomic mass is 16.4. The van der Waals surface area contributed by atoms with Crippen LogP contribution in [0.15, 0.2) is 6.20 Å². The summed E-state index contributed by atoms with van der Waals surface area (Å²) >= 11 is 0. The van der Waals surface area contributed by atoms with Gasteiger partial charge < -0.3 is 9.67 Å². The number of rotatable bonds is 3. The number of fused-ring (bicyclic) bond motifs is 1. The van der Waals surface area contributed by atoms with Crippen LogP contribution in [-0.2, 0) is 13.5 Å². The van der Waals surface area contributed by atoms with Crippen LogP contribution in [0, 0.1) is 0 Å². The molecule has 96 valence electrons. The fourth-order valence-corrected chi connectivity index (χ4v) is 2.08.